The summed E-state index contributed by atoms with van der Waals surface area (Å²) in [6.07, 6.45) is 2.03. The number of anilines is 1. The SMILES string of the molecule is Cc1cccc(NC(=O)C(C)n2c(-c3cccs3)n[nH]c2=S)c1C(=O)N1CCCC1. The summed E-state index contributed by atoms with van der Waals surface area (Å²) in [5.41, 5.74) is 1.92. The lowest BCUT2D eigenvalue weighted by Gasteiger charge is -2.21. The van der Waals surface area contributed by atoms with Crippen molar-refractivity contribution in [3.63, 3.8) is 0 Å². The number of benzene rings is 1. The third kappa shape index (κ3) is 3.82. The molecule has 2 amide bonds. The molecule has 1 atom stereocenters. The number of aryl methyl sites for hydroxylation is 1. The molecule has 3 heterocycles. The zero-order valence-electron chi connectivity index (χ0n) is 16.8. The lowest BCUT2D eigenvalue weighted by atomic mass is 10.0. The first-order chi connectivity index (χ1) is 14.5. The van der Waals surface area contributed by atoms with Gasteiger partial charge in [-0.15, -0.1) is 11.3 Å². The lowest BCUT2D eigenvalue weighted by molar-refractivity contribution is -0.118. The van der Waals surface area contributed by atoms with E-state index in [1.54, 1.807) is 17.6 Å². The molecule has 156 valence electrons. The molecular weight excluding hydrogens is 418 g/mol. The minimum atomic E-state index is -0.608. The van der Waals surface area contributed by atoms with E-state index in [0.29, 0.717) is 21.8 Å². The summed E-state index contributed by atoms with van der Waals surface area (Å²) in [4.78, 5) is 29.0. The summed E-state index contributed by atoms with van der Waals surface area (Å²) >= 11 is 6.90. The number of nitrogens with one attached hydrogen (secondary N) is 2. The van der Waals surface area contributed by atoms with Gasteiger partial charge in [0.2, 0.25) is 5.91 Å². The number of aromatic nitrogens is 3. The number of likely N-dealkylation sites (tertiary alicyclic amines) is 1. The van der Waals surface area contributed by atoms with E-state index in [1.807, 2.05) is 41.5 Å². The number of thiophene rings is 1. The van der Waals surface area contributed by atoms with Crippen LogP contribution in [-0.4, -0.2) is 44.6 Å². The molecule has 1 fully saturated rings. The van der Waals surface area contributed by atoms with Gasteiger partial charge in [-0.1, -0.05) is 18.2 Å². The van der Waals surface area contributed by atoms with Crippen LogP contribution in [0.15, 0.2) is 35.7 Å². The molecule has 1 aliphatic rings. The molecule has 9 heteroatoms. The van der Waals surface area contributed by atoms with Gasteiger partial charge in [-0.05, 0) is 62.0 Å². The van der Waals surface area contributed by atoms with Gasteiger partial charge in [-0.3, -0.25) is 19.3 Å². The second-order valence-corrected chi connectivity index (χ2v) is 8.70. The molecule has 1 aliphatic heterocycles. The highest BCUT2D eigenvalue weighted by Crippen LogP contribution is 2.28. The maximum atomic E-state index is 13.2. The number of carbonyl (C=O) groups is 2. The Hall–Kier alpha value is -2.78. The predicted molar refractivity (Wildman–Crippen MR) is 120 cm³/mol. The minimum absolute atomic E-state index is 0.0345. The number of rotatable bonds is 5. The Morgan fingerprint density at radius 1 is 1.23 bits per heavy atom. The van der Waals surface area contributed by atoms with Crippen molar-refractivity contribution in [1.82, 2.24) is 19.7 Å². The standard InChI is InChI=1S/C21H23N5O2S2/c1-13-7-5-8-15(17(13)20(28)25-10-3-4-11-25)22-19(27)14(2)26-18(23-24-21(26)29)16-9-6-12-30-16/h5-9,12,14H,3-4,10-11H2,1-2H3,(H,22,27)(H,24,29). The fourth-order valence-corrected chi connectivity index (χ4v) is 4.73. The van der Waals surface area contributed by atoms with E-state index in [-0.39, 0.29) is 11.8 Å². The second-order valence-electron chi connectivity index (χ2n) is 7.36. The molecule has 4 rings (SSSR count). The molecule has 2 N–H and O–H groups in total. The average Bonchev–Trinajstić information content (AvgIpc) is 3.48. The molecule has 0 spiro atoms. The van der Waals surface area contributed by atoms with Crippen molar-refractivity contribution < 1.29 is 9.59 Å². The van der Waals surface area contributed by atoms with Crippen LogP contribution < -0.4 is 5.32 Å². The molecule has 7 nitrogen and oxygen atoms in total. The summed E-state index contributed by atoms with van der Waals surface area (Å²) < 4.78 is 2.08. The zero-order valence-corrected chi connectivity index (χ0v) is 18.5. The number of aromatic amines is 1. The number of H-pyrrole nitrogens is 1. The van der Waals surface area contributed by atoms with Crippen LogP contribution in [0.4, 0.5) is 5.69 Å². The van der Waals surface area contributed by atoms with Gasteiger partial charge in [-0.25, -0.2) is 0 Å². The Morgan fingerprint density at radius 2 is 2.00 bits per heavy atom. The lowest BCUT2D eigenvalue weighted by Crippen LogP contribution is -2.30. The summed E-state index contributed by atoms with van der Waals surface area (Å²) in [6, 6.07) is 8.76. The number of hydrogen-bond acceptors (Lipinski definition) is 5. The smallest absolute Gasteiger partial charge is 0.256 e. The molecule has 3 aromatic rings. The van der Waals surface area contributed by atoms with Gasteiger partial charge < -0.3 is 10.2 Å². The molecule has 30 heavy (non-hydrogen) atoms. The van der Waals surface area contributed by atoms with Gasteiger partial charge in [-0.2, -0.15) is 5.10 Å². The summed E-state index contributed by atoms with van der Waals surface area (Å²) in [5.74, 6) is 0.328. The maximum Gasteiger partial charge on any atom is 0.256 e. The highest BCUT2D eigenvalue weighted by Gasteiger charge is 2.26. The van der Waals surface area contributed by atoms with Crippen molar-refractivity contribution in [2.24, 2.45) is 0 Å². The molecular formula is C21H23N5O2S2. The van der Waals surface area contributed by atoms with E-state index >= 15 is 0 Å². The first-order valence-electron chi connectivity index (χ1n) is 9.88. The Balaban J connectivity index is 1.63. The van der Waals surface area contributed by atoms with E-state index < -0.39 is 6.04 Å². The Labute approximate surface area is 183 Å². The van der Waals surface area contributed by atoms with Crippen molar-refractivity contribution >= 4 is 41.1 Å². The Morgan fingerprint density at radius 3 is 2.70 bits per heavy atom. The monoisotopic (exact) mass is 441 g/mol. The summed E-state index contributed by atoms with van der Waals surface area (Å²) in [7, 11) is 0. The van der Waals surface area contributed by atoms with Crippen LogP contribution in [0.25, 0.3) is 10.7 Å². The number of amides is 2. The fraction of sp³-hybridized carbons (Fsp3) is 0.333. The number of nitrogens with zero attached hydrogens (tertiary/aromatic N) is 3. The molecule has 1 unspecified atom stereocenters. The second kappa shape index (κ2) is 8.53. The molecule has 0 aliphatic carbocycles. The first kappa shape index (κ1) is 20.5. The number of hydrogen-bond donors (Lipinski definition) is 2. The minimum Gasteiger partial charge on any atom is -0.339 e. The first-order valence-corrected chi connectivity index (χ1v) is 11.2. The molecule has 1 saturated heterocycles. The van der Waals surface area contributed by atoms with Crippen molar-refractivity contribution in [1.29, 1.82) is 0 Å². The highest BCUT2D eigenvalue weighted by atomic mass is 32.1. The van der Waals surface area contributed by atoms with E-state index in [1.165, 1.54) is 11.3 Å². The molecule has 1 aromatic carbocycles. The van der Waals surface area contributed by atoms with E-state index in [0.717, 1.165) is 36.4 Å². The van der Waals surface area contributed by atoms with Crippen LogP contribution in [-0.2, 0) is 4.79 Å². The van der Waals surface area contributed by atoms with Crippen molar-refractivity contribution in [3.8, 4) is 10.7 Å². The third-order valence-corrected chi connectivity index (χ3v) is 6.50. The Kier molecular flexibility index (Phi) is 5.83. The van der Waals surface area contributed by atoms with Crippen LogP contribution >= 0.6 is 23.6 Å². The zero-order chi connectivity index (χ0) is 21.3. The summed E-state index contributed by atoms with van der Waals surface area (Å²) in [5, 5.41) is 12.0. The van der Waals surface area contributed by atoms with Crippen molar-refractivity contribution in [3.05, 3.63) is 51.6 Å². The van der Waals surface area contributed by atoms with Crippen molar-refractivity contribution in [2.45, 2.75) is 32.7 Å². The topological polar surface area (TPSA) is 83.0 Å². The van der Waals surface area contributed by atoms with Gasteiger partial charge in [0, 0.05) is 13.1 Å². The number of carbonyl (C=O) groups excluding carboxylic acids is 2. The average molecular weight is 442 g/mol. The normalized spacial score (nSPS) is 14.7. The van der Waals surface area contributed by atoms with Crippen LogP contribution in [0.3, 0.4) is 0 Å². The summed E-state index contributed by atoms with van der Waals surface area (Å²) in [6.45, 7) is 5.18. The van der Waals surface area contributed by atoms with Gasteiger partial charge in [0.15, 0.2) is 10.6 Å². The third-order valence-electron chi connectivity index (χ3n) is 5.35. The highest BCUT2D eigenvalue weighted by molar-refractivity contribution is 7.71. The van der Waals surface area contributed by atoms with E-state index in [2.05, 4.69) is 15.5 Å². The molecule has 0 bridgehead atoms. The molecule has 2 aromatic heterocycles. The van der Waals surface area contributed by atoms with Crippen LogP contribution in [0.5, 0.6) is 0 Å². The van der Waals surface area contributed by atoms with Crippen LogP contribution in [0, 0.1) is 11.7 Å². The van der Waals surface area contributed by atoms with Crippen LogP contribution in [0.1, 0.15) is 41.7 Å². The van der Waals surface area contributed by atoms with E-state index in [4.69, 9.17) is 12.2 Å². The quantitative estimate of drug-likeness (QED) is 0.575. The fourth-order valence-electron chi connectivity index (χ4n) is 3.73. The van der Waals surface area contributed by atoms with Gasteiger partial charge >= 0.3 is 0 Å². The van der Waals surface area contributed by atoms with Gasteiger partial charge in [0.25, 0.3) is 5.91 Å². The largest absolute Gasteiger partial charge is 0.339 e. The Bertz CT molecular complexity index is 1130. The van der Waals surface area contributed by atoms with Gasteiger partial charge in [0.1, 0.15) is 6.04 Å². The molecule has 0 radical (unpaired) electrons. The molecule has 0 saturated carbocycles. The predicted octanol–water partition coefficient (Wildman–Crippen LogP) is 4.41. The van der Waals surface area contributed by atoms with E-state index in [9.17, 15) is 9.59 Å². The maximum absolute atomic E-state index is 13.2. The van der Waals surface area contributed by atoms with Gasteiger partial charge in [0.05, 0.1) is 16.1 Å². The van der Waals surface area contributed by atoms with Crippen LogP contribution in [0.2, 0.25) is 0 Å². The van der Waals surface area contributed by atoms with Crippen molar-refractivity contribution in [2.75, 3.05) is 18.4 Å².